The number of ketones is 1. The van der Waals surface area contributed by atoms with Gasteiger partial charge in [-0.05, 0) is 37.3 Å². The molecule has 2 aromatic carbocycles. The summed E-state index contributed by atoms with van der Waals surface area (Å²) in [7, 11) is 0. The van der Waals surface area contributed by atoms with Crippen LogP contribution in [0, 0.1) is 6.92 Å². The van der Waals surface area contributed by atoms with Gasteiger partial charge in [0.15, 0.2) is 6.61 Å². The van der Waals surface area contributed by atoms with Gasteiger partial charge in [0.2, 0.25) is 5.78 Å². The van der Waals surface area contributed by atoms with E-state index in [-0.39, 0.29) is 18.0 Å². The van der Waals surface area contributed by atoms with Gasteiger partial charge in [-0.25, -0.2) is 9.59 Å². The van der Waals surface area contributed by atoms with Crippen molar-refractivity contribution >= 4 is 34.4 Å². The van der Waals surface area contributed by atoms with E-state index < -0.39 is 12.0 Å². The molecular weight excluding hydrogens is 334 g/mol. The van der Waals surface area contributed by atoms with Crippen molar-refractivity contribution in [2.24, 2.45) is 5.73 Å². The van der Waals surface area contributed by atoms with Gasteiger partial charge in [-0.15, -0.1) is 0 Å². The zero-order chi connectivity index (χ0) is 18.7. The van der Waals surface area contributed by atoms with Gasteiger partial charge in [0, 0.05) is 27.8 Å². The first-order chi connectivity index (χ1) is 12.5. The summed E-state index contributed by atoms with van der Waals surface area (Å²) in [6, 6.07) is 12.8. The number of H-pyrrole nitrogens is 1. The maximum atomic E-state index is 12.5. The first-order valence-corrected chi connectivity index (χ1v) is 7.90. The third kappa shape index (κ3) is 3.56. The maximum absolute atomic E-state index is 12.5. The summed E-state index contributed by atoms with van der Waals surface area (Å²) in [5.41, 5.74) is 7.86. The molecule has 0 aliphatic heterocycles. The van der Waals surface area contributed by atoms with E-state index >= 15 is 0 Å². The lowest BCUT2D eigenvalue weighted by molar-refractivity contribution is 0.0475. The predicted molar refractivity (Wildman–Crippen MR) is 97.3 cm³/mol. The number of nitrogens with two attached hydrogens (primary N) is 1. The number of primary amides is 1. The van der Waals surface area contributed by atoms with E-state index in [1.54, 1.807) is 6.92 Å². The number of anilines is 1. The molecule has 0 saturated heterocycles. The molecule has 0 bridgehead atoms. The van der Waals surface area contributed by atoms with Crippen molar-refractivity contribution in [3.63, 3.8) is 0 Å². The monoisotopic (exact) mass is 351 g/mol. The fraction of sp³-hybridized carbons (Fsp3) is 0.105. The second-order valence-corrected chi connectivity index (χ2v) is 5.74. The Kier molecular flexibility index (Phi) is 4.70. The molecule has 4 N–H and O–H groups in total. The number of aromatic nitrogens is 1. The molecule has 0 atom stereocenters. The molecule has 0 radical (unpaired) electrons. The molecule has 132 valence electrons. The summed E-state index contributed by atoms with van der Waals surface area (Å²) in [6.07, 6.45) is 0. The largest absolute Gasteiger partial charge is 0.454 e. The van der Waals surface area contributed by atoms with Gasteiger partial charge in [0.25, 0.3) is 0 Å². The summed E-state index contributed by atoms with van der Waals surface area (Å²) in [4.78, 5) is 38.5. The van der Waals surface area contributed by atoms with Crippen LogP contribution in [0.3, 0.4) is 0 Å². The molecule has 1 heterocycles. The van der Waals surface area contributed by atoms with Crippen LogP contribution in [0.15, 0.2) is 48.5 Å². The Hall–Kier alpha value is -3.61. The molecule has 7 nitrogen and oxygen atoms in total. The number of aromatic amines is 1. The van der Waals surface area contributed by atoms with E-state index in [9.17, 15) is 14.4 Å². The number of esters is 1. The number of para-hydroxylation sites is 1. The fourth-order valence-corrected chi connectivity index (χ4v) is 2.75. The summed E-state index contributed by atoms with van der Waals surface area (Å²) in [6.45, 7) is 1.45. The van der Waals surface area contributed by atoms with Crippen LogP contribution in [0.1, 0.15) is 26.4 Å². The van der Waals surface area contributed by atoms with Crippen molar-refractivity contribution in [3.8, 4) is 0 Å². The lowest BCUT2D eigenvalue weighted by Gasteiger charge is -2.06. The summed E-state index contributed by atoms with van der Waals surface area (Å²) < 4.78 is 5.12. The number of ether oxygens (including phenoxy) is 1. The van der Waals surface area contributed by atoms with Crippen LogP contribution < -0.4 is 11.1 Å². The van der Waals surface area contributed by atoms with Crippen LogP contribution >= 0.6 is 0 Å². The number of carbonyl (C=O) groups excluding carboxylic acids is 3. The van der Waals surface area contributed by atoms with Crippen LogP contribution in [0.25, 0.3) is 10.9 Å². The average Bonchev–Trinajstić information content (AvgIpc) is 2.95. The second kappa shape index (κ2) is 7.10. The first kappa shape index (κ1) is 17.2. The highest BCUT2D eigenvalue weighted by Crippen LogP contribution is 2.22. The molecule has 0 fully saturated rings. The summed E-state index contributed by atoms with van der Waals surface area (Å²) >= 11 is 0. The van der Waals surface area contributed by atoms with Crippen molar-refractivity contribution in [2.45, 2.75) is 6.92 Å². The molecular formula is C19H17N3O4. The van der Waals surface area contributed by atoms with Crippen LogP contribution in [0.4, 0.5) is 10.5 Å². The highest BCUT2D eigenvalue weighted by Gasteiger charge is 2.18. The van der Waals surface area contributed by atoms with E-state index in [4.69, 9.17) is 10.5 Å². The minimum Gasteiger partial charge on any atom is -0.454 e. The first-order valence-electron chi connectivity index (χ1n) is 7.90. The van der Waals surface area contributed by atoms with Gasteiger partial charge in [-0.3, -0.25) is 4.79 Å². The van der Waals surface area contributed by atoms with Crippen molar-refractivity contribution in [1.82, 2.24) is 4.98 Å². The number of fused-ring (bicyclic) bond motifs is 1. The zero-order valence-corrected chi connectivity index (χ0v) is 14.0. The lowest BCUT2D eigenvalue weighted by Crippen LogP contribution is -2.19. The SMILES string of the molecule is Cc1[nH]c2ccccc2c1C(=O)COC(=O)c1ccc(NC(N)=O)cc1. The van der Waals surface area contributed by atoms with Gasteiger partial charge in [-0.1, -0.05) is 18.2 Å². The smallest absolute Gasteiger partial charge is 0.338 e. The number of nitrogens with one attached hydrogen (secondary N) is 2. The highest BCUT2D eigenvalue weighted by molar-refractivity contribution is 6.10. The number of urea groups is 1. The Morgan fingerprint density at radius 2 is 1.77 bits per heavy atom. The van der Waals surface area contributed by atoms with E-state index in [0.717, 1.165) is 16.6 Å². The molecule has 7 heteroatoms. The second-order valence-electron chi connectivity index (χ2n) is 5.74. The van der Waals surface area contributed by atoms with Crippen LogP contribution in [-0.4, -0.2) is 29.4 Å². The Labute approximate surface area is 149 Å². The molecule has 3 rings (SSSR count). The van der Waals surface area contributed by atoms with Gasteiger partial charge in [0.1, 0.15) is 0 Å². The number of hydrogen-bond acceptors (Lipinski definition) is 4. The van der Waals surface area contributed by atoms with Gasteiger partial charge < -0.3 is 20.8 Å². The normalized spacial score (nSPS) is 10.5. The van der Waals surface area contributed by atoms with E-state index in [0.29, 0.717) is 11.3 Å². The number of rotatable bonds is 5. The van der Waals surface area contributed by atoms with Crippen LogP contribution in [0.2, 0.25) is 0 Å². The Morgan fingerprint density at radius 3 is 2.46 bits per heavy atom. The lowest BCUT2D eigenvalue weighted by atomic mass is 10.1. The third-order valence-corrected chi connectivity index (χ3v) is 3.89. The molecule has 26 heavy (non-hydrogen) atoms. The maximum Gasteiger partial charge on any atom is 0.338 e. The molecule has 3 aromatic rings. The Balaban J connectivity index is 1.68. The molecule has 0 aliphatic carbocycles. The molecule has 2 amide bonds. The van der Waals surface area contributed by atoms with Crippen LogP contribution in [0.5, 0.6) is 0 Å². The third-order valence-electron chi connectivity index (χ3n) is 3.89. The van der Waals surface area contributed by atoms with E-state index in [2.05, 4.69) is 10.3 Å². The number of Topliss-reactive ketones (excluding diaryl/α,β-unsaturated/α-hetero) is 1. The summed E-state index contributed by atoms with van der Waals surface area (Å²) in [5, 5.41) is 3.19. The Bertz CT molecular complexity index is 990. The zero-order valence-electron chi connectivity index (χ0n) is 14.0. The van der Waals surface area contributed by atoms with Gasteiger partial charge >= 0.3 is 12.0 Å². The summed E-state index contributed by atoms with van der Waals surface area (Å²) in [5.74, 6) is -0.901. The van der Waals surface area contributed by atoms with E-state index in [1.807, 2.05) is 24.3 Å². The number of amides is 2. The highest BCUT2D eigenvalue weighted by atomic mass is 16.5. The minimum absolute atomic E-state index is 0.267. The number of benzene rings is 2. The van der Waals surface area contributed by atoms with Crippen molar-refractivity contribution in [3.05, 3.63) is 65.4 Å². The van der Waals surface area contributed by atoms with Crippen LogP contribution in [-0.2, 0) is 4.74 Å². The van der Waals surface area contributed by atoms with Crippen molar-refractivity contribution in [1.29, 1.82) is 0 Å². The Morgan fingerprint density at radius 1 is 1.08 bits per heavy atom. The standard InChI is InChI=1S/C19H17N3O4/c1-11-17(14-4-2-3-5-15(14)21-11)16(23)10-26-18(24)12-6-8-13(9-7-12)22-19(20)25/h2-9,21H,10H2,1H3,(H3,20,22,25). The number of aryl methyl sites for hydroxylation is 1. The van der Waals surface area contributed by atoms with Gasteiger partial charge in [0.05, 0.1) is 5.56 Å². The molecule has 1 aromatic heterocycles. The predicted octanol–water partition coefficient (Wildman–Crippen LogP) is 3.01. The number of carbonyl (C=O) groups is 3. The molecule has 0 aliphatic rings. The van der Waals surface area contributed by atoms with Crippen molar-refractivity contribution < 1.29 is 19.1 Å². The molecule has 0 unspecified atom stereocenters. The quantitative estimate of drug-likeness (QED) is 0.484. The fourth-order valence-electron chi connectivity index (χ4n) is 2.75. The molecule has 0 spiro atoms. The van der Waals surface area contributed by atoms with Crippen molar-refractivity contribution in [2.75, 3.05) is 11.9 Å². The van der Waals surface area contributed by atoms with Gasteiger partial charge in [-0.2, -0.15) is 0 Å². The number of hydrogen-bond donors (Lipinski definition) is 3. The molecule has 0 saturated carbocycles. The topological polar surface area (TPSA) is 114 Å². The van der Waals surface area contributed by atoms with E-state index in [1.165, 1.54) is 24.3 Å². The minimum atomic E-state index is -0.694. The average molecular weight is 351 g/mol.